The smallest absolute Gasteiger partial charge is 0.0346 e. The molecule has 0 spiro atoms. The van der Waals surface area contributed by atoms with E-state index in [1.807, 2.05) is 12.4 Å². The molecule has 2 atom stereocenters. The van der Waals surface area contributed by atoms with Gasteiger partial charge in [-0.05, 0) is 55.7 Å². The van der Waals surface area contributed by atoms with Crippen LogP contribution in [0.5, 0.6) is 0 Å². The lowest BCUT2D eigenvalue weighted by atomic mass is 9.83. The monoisotopic (exact) mass is 252 g/mol. The molecule has 2 bridgehead atoms. The Balaban J connectivity index is 1.75. The molecule has 19 heavy (non-hydrogen) atoms. The van der Waals surface area contributed by atoms with Gasteiger partial charge < -0.3 is 4.90 Å². The number of piperidine rings is 1. The van der Waals surface area contributed by atoms with Crippen LogP contribution >= 0.6 is 0 Å². The fourth-order valence-corrected chi connectivity index (χ4v) is 4.17. The van der Waals surface area contributed by atoms with E-state index in [2.05, 4.69) is 41.2 Å². The number of hydrogen-bond donors (Lipinski definition) is 0. The summed E-state index contributed by atoms with van der Waals surface area (Å²) >= 11 is 0. The van der Waals surface area contributed by atoms with E-state index in [1.165, 1.54) is 36.5 Å². The Bertz CT molecular complexity index is 588. The average molecular weight is 252 g/mol. The van der Waals surface area contributed by atoms with Crippen molar-refractivity contribution >= 4 is 10.8 Å². The molecule has 2 heteroatoms. The maximum absolute atomic E-state index is 4.25. The number of hydrogen-bond acceptors (Lipinski definition) is 2. The van der Waals surface area contributed by atoms with Crippen molar-refractivity contribution in [3.63, 3.8) is 0 Å². The van der Waals surface area contributed by atoms with Crippen molar-refractivity contribution in [1.82, 2.24) is 9.88 Å². The summed E-state index contributed by atoms with van der Waals surface area (Å²) in [6.07, 6.45) is 9.36. The normalized spacial score (nSPS) is 30.9. The Morgan fingerprint density at radius 1 is 1.11 bits per heavy atom. The minimum Gasteiger partial charge on any atom is -0.300 e. The van der Waals surface area contributed by atoms with Crippen LogP contribution in [0.3, 0.4) is 0 Å². The molecule has 2 fully saturated rings. The number of aromatic nitrogens is 1. The first-order chi connectivity index (χ1) is 9.33. The Morgan fingerprint density at radius 3 is 2.68 bits per heavy atom. The molecule has 4 rings (SSSR count). The number of pyridine rings is 1. The van der Waals surface area contributed by atoms with Crippen LogP contribution in [0.4, 0.5) is 0 Å². The molecule has 2 unspecified atom stereocenters. The maximum Gasteiger partial charge on any atom is 0.0346 e. The maximum atomic E-state index is 4.25. The molecule has 0 aliphatic carbocycles. The summed E-state index contributed by atoms with van der Waals surface area (Å²) in [4.78, 5) is 6.86. The lowest BCUT2D eigenvalue weighted by molar-refractivity contribution is 0.162. The van der Waals surface area contributed by atoms with Crippen molar-refractivity contribution in [2.24, 2.45) is 0 Å². The third-order valence-electron chi connectivity index (χ3n) is 5.25. The number of rotatable bonds is 1. The summed E-state index contributed by atoms with van der Waals surface area (Å²) in [6, 6.07) is 10.5. The molecule has 0 amide bonds. The molecular formula is C17H20N2. The van der Waals surface area contributed by atoms with Gasteiger partial charge in [-0.25, -0.2) is 0 Å². The largest absolute Gasteiger partial charge is 0.300 e. The topological polar surface area (TPSA) is 16.1 Å². The highest BCUT2D eigenvalue weighted by atomic mass is 15.2. The zero-order chi connectivity index (χ0) is 12.8. The highest BCUT2D eigenvalue weighted by Gasteiger charge is 2.39. The molecule has 2 aromatic rings. The summed E-state index contributed by atoms with van der Waals surface area (Å²) in [6.45, 7) is 0. The number of fused-ring (bicyclic) bond motifs is 3. The van der Waals surface area contributed by atoms with E-state index in [0.717, 1.165) is 18.0 Å². The SMILES string of the molecule is CN1C2CCC1CC(c1cccc3cnccc13)C2. The Hall–Kier alpha value is -1.41. The lowest BCUT2D eigenvalue weighted by Gasteiger charge is -2.37. The molecule has 0 N–H and O–H groups in total. The molecule has 2 aliphatic rings. The molecule has 2 saturated heterocycles. The van der Waals surface area contributed by atoms with Crippen LogP contribution < -0.4 is 0 Å². The summed E-state index contributed by atoms with van der Waals surface area (Å²) in [5, 5.41) is 2.69. The van der Waals surface area contributed by atoms with Crippen LogP contribution in [0.25, 0.3) is 10.8 Å². The van der Waals surface area contributed by atoms with Crippen molar-refractivity contribution in [2.75, 3.05) is 7.05 Å². The van der Waals surface area contributed by atoms with Crippen molar-refractivity contribution in [3.05, 3.63) is 42.2 Å². The van der Waals surface area contributed by atoms with Gasteiger partial charge in [0.1, 0.15) is 0 Å². The van der Waals surface area contributed by atoms with Gasteiger partial charge in [-0.1, -0.05) is 18.2 Å². The summed E-state index contributed by atoms with van der Waals surface area (Å²) in [7, 11) is 2.31. The molecule has 2 nitrogen and oxygen atoms in total. The second-order valence-corrected chi connectivity index (χ2v) is 6.16. The summed E-state index contributed by atoms with van der Waals surface area (Å²) < 4.78 is 0. The Kier molecular flexibility index (Phi) is 2.59. The Morgan fingerprint density at radius 2 is 1.89 bits per heavy atom. The first-order valence-electron chi connectivity index (χ1n) is 7.37. The van der Waals surface area contributed by atoms with Gasteiger partial charge in [-0.15, -0.1) is 0 Å². The number of nitrogens with zero attached hydrogens (tertiary/aromatic N) is 2. The summed E-state index contributed by atoms with van der Waals surface area (Å²) in [5.41, 5.74) is 1.55. The predicted molar refractivity (Wildman–Crippen MR) is 78.3 cm³/mol. The van der Waals surface area contributed by atoms with Gasteiger partial charge in [0.05, 0.1) is 0 Å². The predicted octanol–water partition coefficient (Wildman–Crippen LogP) is 3.58. The van der Waals surface area contributed by atoms with Crippen LogP contribution in [0.1, 0.15) is 37.2 Å². The van der Waals surface area contributed by atoms with Crippen molar-refractivity contribution in [3.8, 4) is 0 Å². The second-order valence-electron chi connectivity index (χ2n) is 6.16. The van der Waals surface area contributed by atoms with Crippen LogP contribution in [-0.4, -0.2) is 29.0 Å². The molecule has 1 aromatic heterocycles. The van der Waals surface area contributed by atoms with Crippen molar-refractivity contribution in [2.45, 2.75) is 43.7 Å². The van der Waals surface area contributed by atoms with Crippen LogP contribution in [0, 0.1) is 0 Å². The molecule has 0 saturated carbocycles. The van der Waals surface area contributed by atoms with Gasteiger partial charge >= 0.3 is 0 Å². The van der Waals surface area contributed by atoms with Gasteiger partial charge in [0, 0.05) is 29.9 Å². The molecule has 98 valence electrons. The van der Waals surface area contributed by atoms with Crippen LogP contribution in [0.2, 0.25) is 0 Å². The highest BCUT2D eigenvalue weighted by molar-refractivity contribution is 5.85. The van der Waals surface area contributed by atoms with E-state index in [9.17, 15) is 0 Å². The van der Waals surface area contributed by atoms with Gasteiger partial charge in [0.25, 0.3) is 0 Å². The van der Waals surface area contributed by atoms with Crippen molar-refractivity contribution in [1.29, 1.82) is 0 Å². The zero-order valence-corrected chi connectivity index (χ0v) is 11.4. The Labute approximate surface area is 114 Å². The van der Waals surface area contributed by atoms with E-state index in [4.69, 9.17) is 0 Å². The minimum absolute atomic E-state index is 0.736. The minimum atomic E-state index is 0.736. The molecular weight excluding hydrogens is 232 g/mol. The first kappa shape index (κ1) is 11.4. The fourth-order valence-electron chi connectivity index (χ4n) is 4.17. The summed E-state index contributed by atoms with van der Waals surface area (Å²) in [5.74, 6) is 0.736. The highest BCUT2D eigenvalue weighted by Crippen LogP contribution is 2.43. The van der Waals surface area contributed by atoms with Gasteiger partial charge in [0.15, 0.2) is 0 Å². The molecule has 0 radical (unpaired) electrons. The third-order valence-corrected chi connectivity index (χ3v) is 5.25. The average Bonchev–Trinajstić information content (AvgIpc) is 2.67. The van der Waals surface area contributed by atoms with Gasteiger partial charge in [0.2, 0.25) is 0 Å². The molecule has 2 aliphatic heterocycles. The number of benzene rings is 1. The van der Waals surface area contributed by atoms with Gasteiger partial charge in [-0.3, -0.25) is 4.98 Å². The van der Waals surface area contributed by atoms with Gasteiger partial charge in [-0.2, -0.15) is 0 Å². The lowest BCUT2D eigenvalue weighted by Crippen LogP contribution is -2.39. The fraction of sp³-hybridized carbons (Fsp3) is 0.471. The van der Waals surface area contributed by atoms with Crippen molar-refractivity contribution < 1.29 is 0 Å². The van der Waals surface area contributed by atoms with E-state index >= 15 is 0 Å². The van der Waals surface area contributed by atoms with E-state index in [1.54, 1.807) is 5.56 Å². The van der Waals surface area contributed by atoms with Crippen LogP contribution in [0.15, 0.2) is 36.7 Å². The second kappa shape index (κ2) is 4.31. The third kappa shape index (κ3) is 1.78. The zero-order valence-electron chi connectivity index (χ0n) is 11.4. The molecule has 3 heterocycles. The first-order valence-corrected chi connectivity index (χ1v) is 7.37. The van der Waals surface area contributed by atoms with E-state index in [-0.39, 0.29) is 0 Å². The van der Waals surface area contributed by atoms with E-state index < -0.39 is 0 Å². The van der Waals surface area contributed by atoms with Crippen LogP contribution in [-0.2, 0) is 0 Å². The quantitative estimate of drug-likeness (QED) is 0.771. The van der Waals surface area contributed by atoms with E-state index in [0.29, 0.717) is 0 Å². The standard InChI is InChI=1S/C17H20N2/c1-19-14-5-6-15(19)10-13(9-14)16-4-2-3-12-11-18-8-7-17(12)16/h2-4,7-8,11,13-15H,5-6,9-10H2,1H3. The molecule has 1 aromatic carbocycles.